The minimum atomic E-state index is -0.486. The number of carbonyl (C=O) groups excluding carboxylic acids is 3. The van der Waals surface area contributed by atoms with Crippen molar-refractivity contribution in [2.24, 2.45) is 0 Å². The summed E-state index contributed by atoms with van der Waals surface area (Å²) in [4.78, 5) is 44.0. The molecule has 1 aliphatic carbocycles. The van der Waals surface area contributed by atoms with Gasteiger partial charge in [0.2, 0.25) is 0 Å². The van der Waals surface area contributed by atoms with Crippen molar-refractivity contribution in [1.29, 1.82) is 0 Å². The van der Waals surface area contributed by atoms with Gasteiger partial charge in [0.1, 0.15) is 0 Å². The van der Waals surface area contributed by atoms with Crippen LogP contribution in [0.5, 0.6) is 0 Å². The second-order valence-corrected chi connectivity index (χ2v) is 9.55. The Morgan fingerprint density at radius 1 is 0.647 bits per heavy atom. The number of fused-ring (bicyclic) bond motifs is 2. The molecule has 1 atom stereocenters. The number of imide groups is 1. The molecule has 2 heterocycles. The highest BCUT2D eigenvalue weighted by Crippen LogP contribution is 2.51. The molecule has 170 valence electrons. The van der Waals surface area contributed by atoms with E-state index in [0.717, 1.165) is 43.4 Å². The van der Waals surface area contributed by atoms with Gasteiger partial charge in [-0.15, -0.1) is 0 Å². The van der Waals surface area contributed by atoms with E-state index >= 15 is 0 Å². The van der Waals surface area contributed by atoms with E-state index in [9.17, 15) is 14.4 Å². The van der Waals surface area contributed by atoms with Crippen LogP contribution in [0.15, 0.2) is 78.9 Å². The van der Waals surface area contributed by atoms with Crippen molar-refractivity contribution in [2.75, 3.05) is 11.4 Å². The maximum absolute atomic E-state index is 14.0. The third kappa shape index (κ3) is 2.96. The van der Waals surface area contributed by atoms with Gasteiger partial charge < -0.3 is 4.90 Å². The van der Waals surface area contributed by atoms with Crippen molar-refractivity contribution in [1.82, 2.24) is 4.90 Å². The van der Waals surface area contributed by atoms with Crippen LogP contribution in [0, 0.1) is 0 Å². The Balaban J connectivity index is 1.51. The zero-order chi connectivity index (χ0) is 23.3. The molecule has 5 nitrogen and oxygen atoms in total. The molecule has 0 saturated heterocycles. The molecule has 3 amide bonds. The highest BCUT2D eigenvalue weighted by atomic mass is 16.2. The number of rotatable bonds is 3. The van der Waals surface area contributed by atoms with E-state index in [1.165, 1.54) is 4.90 Å². The number of carbonyl (C=O) groups is 3. The standard InChI is InChI=1S/C29H26N2O3/c32-26-23-15-7-8-16-24(23)27(33)30(26)19-25-21-13-5-6-14-22(21)28(34)31(20-11-3-1-4-12-20)29(25)17-9-2-10-18-29/h1,3-8,11-16,25H,2,9-10,17-19H2. The van der Waals surface area contributed by atoms with Crippen LogP contribution in [-0.2, 0) is 0 Å². The first-order valence-electron chi connectivity index (χ1n) is 12.1. The summed E-state index contributed by atoms with van der Waals surface area (Å²) in [5, 5.41) is 0. The smallest absolute Gasteiger partial charge is 0.261 e. The molecule has 2 aliphatic heterocycles. The summed E-state index contributed by atoms with van der Waals surface area (Å²) in [6.07, 6.45) is 4.83. The fraction of sp³-hybridized carbons (Fsp3) is 0.276. The quantitative estimate of drug-likeness (QED) is 0.500. The first-order chi connectivity index (χ1) is 16.6. The molecule has 0 aromatic heterocycles. The summed E-state index contributed by atoms with van der Waals surface area (Å²) in [7, 11) is 0. The number of nitrogens with zero attached hydrogens (tertiary/aromatic N) is 2. The predicted octanol–water partition coefficient (Wildman–Crippen LogP) is 5.43. The van der Waals surface area contributed by atoms with E-state index in [-0.39, 0.29) is 30.2 Å². The van der Waals surface area contributed by atoms with Crippen molar-refractivity contribution in [3.8, 4) is 0 Å². The average molecular weight is 451 g/mol. The molecule has 1 spiro atoms. The Hall–Kier alpha value is -3.73. The third-order valence-electron chi connectivity index (χ3n) is 7.84. The van der Waals surface area contributed by atoms with Crippen LogP contribution in [0.3, 0.4) is 0 Å². The maximum Gasteiger partial charge on any atom is 0.261 e. The van der Waals surface area contributed by atoms with Crippen LogP contribution >= 0.6 is 0 Å². The van der Waals surface area contributed by atoms with Crippen LogP contribution in [0.1, 0.15) is 74.7 Å². The minimum absolute atomic E-state index is 0.00214. The normalized spacial score (nSPS) is 21.1. The molecule has 0 radical (unpaired) electrons. The molecule has 0 bridgehead atoms. The van der Waals surface area contributed by atoms with Crippen molar-refractivity contribution in [3.05, 3.63) is 101 Å². The second kappa shape index (κ2) is 7.94. The van der Waals surface area contributed by atoms with Crippen molar-refractivity contribution in [3.63, 3.8) is 0 Å². The van der Waals surface area contributed by atoms with Crippen LogP contribution in [-0.4, -0.2) is 34.7 Å². The number of hydrogen-bond acceptors (Lipinski definition) is 3. The van der Waals surface area contributed by atoms with E-state index < -0.39 is 5.54 Å². The molecule has 1 unspecified atom stereocenters. The Kier molecular flexibility index (Phi) is 4.87. The molecular weight excluding hydrogens is 424 g/mol. The molecule has 6 rings (SSSR count). The molecule has 1 saturated carbocycles. The van der Waals surface area contributed by atoms with Crippen molar-refractivity contribution < 1.29 is 14.4 Å². The Bertz CT molecular complexity index is 1260. The monoisotopic (exact) mass is 450 g/mol. The molecule has 1 fully saturated rings. The Morgan fingerprint density at radius 3 is 1.85 bits per heavy atom. The number of anilines is 1. The molecule has 3 aliphatic rings. The van der Waals surface area contributed by atoms with E-state index in [0.29, 0.717) is 16.7 Å². The highest BCUT2D eigenvalue weighted by molar-refractivity contribution is 6.21. The molecule has 3 aromatic carbocycles. The summed E-state index contributed by atoms with van der Waals surface area (Å²) >= 11 is 0. The van der Waals surface area contributed by atoms with E-state index in [1.807, 2.05) is 59.5 Å². The van der Waals surface area contributed by atoms with Gasteiger partial charge in [-0.25, -0.2) is 0 Å². The van der Waals surface area contributed by atoms with Gasteiger partial charge in [0.15, 0.2) is 0 Å². The molecular formula is C29H26N2O3. The van der Waals surface area contributed by atoms with Gasteiger partial charge in [-0.3, -0.25) is 19.3 Å². The van der Waals surface area contributed by atoms with Gasteiger partial charge >= 0.3 is 0 Å². The summed E-state index contributed by atoms with van der Waals surface area (Å²) in [5.74, 6) is -0.647. The van der Waals surface area contributed by atoms with Crippen LogP contribution in [0.25, 0.3) is 0 Å². The lowest BCUT2D eigenvalue weighted by molar-refractivity contribution is 0.0608. The van der Waals surface area contributed by atoms with Gasteiger partial charge in [0.05, 0.1) is 16.7 Å². The molecule has 3 aromatic rings. The lowest BCUT2D eigenvalue weighted by Crippen LogP contribution is -2.62. The lowest BCUT2D eigenvalue weighted by atomic mass is 9.65. The number of benzene rings is 3. The Morgan fingerprint density at radius 2 is 1.21 bits per heavy atom. The highest BCUT2D eigenvalue weighted by Gasteiger charge is 2.54. The number of hydrogen-bond donors (Lipinski definition) is 0. The number of para-hydroxylation sites is 1. The van der Waals surface area contributed by atoms with Crippen LogP contribution < -0.4 is 4.90 Å². The zero-order valence-corrected chi connectivity index (χ0v) is 18.9. The van der Waals surface area contributed by atoms with E-state index in [1.54, 1.807) is 24.3 Å². The second-order valence-electron chi connectivity index (χ2n) is 9.55. The summed E-state index contributed by atoms with van der Waals surface area (Å²) in [5.41, 5.74) is 2.91. The summed E-state index contributed by atoms with van der Waals surface area (Å²) < 4.78 is 0. The minimum Gasteiger partial charge on any atom is -0.302 e. The number of amides is 3. The van der Waals surface area contributed by atoms with Crippen molar-refractivity contribution >= 4 is 23.4 Å². The van der Waals surface area contributed by atoms with Crippen LogP contribution in [0.2, 0.25) is 0 Å². The maximum atomic E-state index is 14.0. The van der Waals surface area contributed by atoms with E-state index in [2.05, 4.69) is 0 Å². The first-order valence-corrected chi connectivity index (χ1v) is 12.1. The van der Waals surface area contributed by atoms with Gasteiger partial charge in [-0.2, -0.15) is 0 Å². The van der Waals surface area contributed by atoms with Crippen molar-refractivity contribution in [2.45, 2.75) is 43.6 Å². The SMILES string of the molecule is O=C1c2ccccc2C(=O)N1CC1c2ccccc2C(=O)N(c2ccccc2)C12CCCCC2. The average Bonchev–Trinajstić information content (AvgIpc) is 3.12. The topological polar surface area (TPSA) is 57.7 Å². The zero-order valence-electron chi connectivity index (χ0n) is 18.9. The van der Waals surface area contributed by atoms with Gasteiger partial charge in [-0.1, -0.05) is 67.8 Å². The van der Waals surface area contributed by atoms with Gasteiger partial charge in [0, 0.05) is 23.7 Å². The predicted molar refractivity (Wildman–Crippen MR) is 130 cm³/mol. The molecule has 5 heteroatoms. The fourth-order valence-electron chi connectivity index (χ4n) is 6.31. The van der Waals surface area contributed by atoms with Gasteiger partial charge in [0.25, 0.3) is 17.7 Å². The summed E-state index contributed by atoms with van der Waals surface area (Å²) in [6, 6.07) is 24.6. The van der Waals surface area contributed by atoms with Gasteiger partial charge in [-0.05, 0) is 48.7 Å². The molecule has 34 heavy (non-hydrogen) atoms. The largest absolute Gasteiger partial charge is 0.302 e. The fourth-order valence-corrected chi connectivity index (χ4v) is 6.31. The lowest BCUT2D eigenvalue weighted by Gasteiger charge is -2.55. The van der Waals surface area contributed by atoms with E-state index in [4.69, 9.17) is 0 Å². The third-order valence-corrected chi connectivity index (χ3v) is 7.84. The van der Waals surface area contributed by atoms with Crippen LogP contribution in [0.4, 0.5) is 5.69 Å². The first kappa shape index (κ1) is 20.8. The molecule has 0 N–H and O–H groups in total. The Labute approximate surface area is 199 Å². The summed E-state index contributed by atoms with van der Waals surface area (Å²) in [6.45, 7) is 0.264.